The van der Waals surface area contributed by atoms with E-state index < -0.39 is 9.84 Å². The summed E-state index contributed by atoms with van der Waals surface area (Å²) in [6.45, 7) is 6.23. The Morgan fingerprint density at radius 3 is 2.48 bits per heavy atom. The summed E-state index contributed by atoms with van der Waals surface area (Å²) < 4.78 is 22.4. The van der Waals surface area contributed by atoms with Crippen molar-refractivity contribution in [1.29, 1.82) is 0 Å². The Balaban J connectivity index is 1.93. The first kappa shape index (κ1) is 17.5. The number of piperazine rings is 1. The summed E-state index contributed by atoms with van der Waals surface area (Å²) in [4.78, 5) is 17.2. The van der Waals surface area contributed by atoms with Gasteiger partial charge >= 0.3 is 0 Å². The minimum Gasteiger partial charge on any atom is -0.357 e. The quantitative estimate of drug-likeness (QED) is 0.576. The smallest absolute Gasteiger partial charge is 0.225 e. The first-order valence-corrected chi connectivity index (χ1v) is 9.78. The van der Waals surface area contributed by atoms with Crippen LogP contribution in [-0.2, 0) is 9.84 Å². The van der Waals surface area contributed by atoms with Crippen molar-refractivity contribution in [3.05, 3.63) is 18.5 Å². The Kier molecular flexibility index (Phi) is 6.14. The molecular formula is C14H24N6O2S. The van der Waals surface area contributed by atoms with Gasteiger partial charge in [0.25, 0.3) is 0 Å². The zero-order chi connectivity index (χ0) is 16.7. The lowest BCUT2D eigenvalue weighted by atomic mass is 10.3. The van der Waals surface area contributed by atoms with Crippen LogP contribution in [0.15, 0.2) is 23.5 Å². The number of sulfone groups is 1. The molecule has 1 aliphatic heterocycles. The van der Waals surface area contributed by atoms with Crippen LogP contribution in [0.2, 0.25) is 0 Å². The van der Waals surface area contributed by atoms with Crippen LogP contribution in [0, 0.1) is 0 Å². The van der Waals surface area contributed by atoms with E-state index >= 15 is 0 Å². The van der Waals surface area contributed by atoms with Crippen LogP contribution in [0.3, 0.4) is 0 Å². The van der Waals surface area contributed by atoms with Crippen LogP contribution >= 0.6 is 0 Å². The van der Waals surface area contributed by atoms with Crippen molar-refractivity contribution >= 4 is 21.7 Å². The second-order valence-corrected chi connectivity index (χ2v) is 7.65. The van der Waals surface area contributed by atoms with Crippen molar-refractivity contribution in [2.24, 2.45) is 4.99 Å². The minimum atomic E-state index is -2.99. The lowest BCUT2D eigenvalue weighted by molar-refractivity contribution is 0.370. The Morgan fingerprint density at radius 1 is 1.26 bits per heavy atom. The largest absolute Gasteiger partial charge is 0.357 e. The molecule has 23 heavy (non-hydrogen) atoms. The molecule has 1 aromatic heterocycles. The van der Waals surface area contributed by atoms with E-state index in [-0.39, 0.29) is 12.3 Å². The van der Waals surface area contributed by atoms with E-state index in [1.165, 1.54) is 6.26 Å². The molecule has 9 heteroatoms. The van der Waals surface area contributed by atoms with Crippen molar-refractivity contribution in [3.8, 4) is 0 Å². The van der Waals surface area contributed by atoms with Crippen molar-refractivity contribution in [3.63, 3.8) is 0 Å². The molecule has 0 aliphatic carbocycles. The number of hydrogen-bond acceptors (Lipinski definition) is 6. The fourth-order valence-corrected chi connectivity index (χ4v) is 2.74. The molecule has 8 nitrogen and oxygen atoms in total. The SMILES string of the molecule is CCNC(=NCCS(C)(=O)=O)N1CCN(c2ncccn2)CC1. The molecular weight excluding hydrogens is 316 g/mol. The average Bonchev–Trinajstić information content (AvgIpc) is 2.54. The normalized spacial score (nSPS) is 16.5. The second kappa shape index (κ2) is 8.09. The van der Waals surface area contributed by atoms with E-state index in [9.17, 15) is 8.42 Å². The summed E-state index contributed by atoms with van der Waals surface area (Å²) in [6.07, 6.45) is 4.71. The van der Waals surface area contributed by atoms with Gasteiger partial charge in [0.2, 0.25) is 5.95 Å². The summed E-state index contributed by atoms with van der Waals surface area (Å²) in [5, 5.41) is 3.22. The number of anilines is 1. The zero-order valence-electron chi connectivity index (χ0n) is 13.6. The number of guanidine groups is 1. The summed E-state index contributed by atoms with van der Waals surface area (Å²) in [7, 11) is -2.99. The van der Waals surface area contributed by atoms with E-state index in [0.29, 0.717) is 0 Å². The molecule has 0 atom stereocenters. The summed E-state index contributed by atoms with van der Waals surface area (Å²) in [5.41, 5.74) is 0. The fourth-order valence-electron chi connectivity index (χ4n) is 2.32. The Bertz CT molecular complexity index is 611. The highest BCUT2D eigenvalue weighted by Crippen LogP contribution is 2.09. The van der Waals surface area contributed by atoms with Gasteiger partial charge in [-0.2, -0.15) is 0 Å². The van der Waals surface area contributed by atoms with Gasteiger partial charge in [-0.15, -0.1) is 0 Å². The zero-order valence-corrected chi connectivity index (χ0v) is 14.5. The highest BCUT2D eigenvalue weighted by atomic mass is 32.2. The lowest BCUT2D eigenvalue weighted by Crippen LogP contribution is -2.53. The minimum absolute atomic E-state index is 0.0692. The molecule has 128 valence electrons. The standard InChI is InChI=1S/C14H24N6O2S/c1-3-15-13(18-7-12-23(2,21)22)19-8-10-20(11-9-19)14-16-5-4-6-17-14/h4-6H,3,7-12H2,1-2H3,(H,15,18). The third kappa shape index (κ3) is 5.66. The molecule has 2 rings (SSSR count). The first-order valence-electron chi connectivity index (χ1n) is 7.72. The average molecular weight is 340 g/mol. The van der Waals surface area contributed by atoms with Gasteiger partial charge in [-0.3, -0.25) is 4.99 Å². The van der Waals surface area contributed by atoms with Crippen molar-refractivity contribution in [1.82, 2.24) is 20.2 Å². The van der Waals surface area contributed by atoms with Crippen molar-refractivity contribution in [2.45, 2.75) is 6.92 Å². The molecule has 1 N–H and O–H groups in total. The van der Waals surface area contributed by atoms with Gasteiger partial charge in [0.05, 0.1) is 12.3 Å². The van der Waals surface area contributed by atoms with Gasteiger partial charge in [0.1, 0.15) is 9.84 Å². The molecule has 1 saturated heterocycles. The third-order valence-corrected chi connectivity index (χ3v) is 4.40. The van der Waals surface area contributed by atoms with E-state index in [4.69, 9.17) is 0 Å². The molecule has 2 heterocycles. The molecule has 0 saturated carbocycles. The van der Waals surface area contributed by atoms with Crippen LogP contribution in [0.25, 0.3) is 0 Å². The van der Waals surface area contributed by atoms with Crippen molar-refractivity contribution in [2.75, 3.05) is 56.2 Å². The Hall–Kier alpha value is -1.90. The Morgan fingerprint density at radius 2 is 1.91 bits per heavy atom. The van der Waals surface area contributed by atoms with Gasteiger partial charge in [-0.25, -0.2) is 18.4 Å². The molecule has 0 amide bonds. The van der Waals surface area contributed by atoms with E-state index in [1.807, 2.05) is 6.92 Å². The van der Waals surface area contributed by atoms with Gasteiger partial charge in [0.15, 0.2) is 5.96 Å². The topological polar surface area (TPSA) is 90.8 Å². The molecule has 1 aliphatic rings. The molecule has 0 spiro atoms. The number of hydrogen-bond donors (Lipinski definition) is 1. The molecule has 0 unspecified atom stereocenters. The highest BCUT2D eigenvalue weighted by Gasteiger charge is 2.21. The second-order valence-electron chi connectivity index (χ2n) is 5.39. The van der Waals surface area contributed by atoms with Crippen LogP contribution in [-0.4, -0.2) is 80.5 Å². The number of nitrogens with one attached hydrogen (secondary N) is 1. The van der Waals surface area contributed by atoms with E-state index in [2.05, 4.69) is 30.1 Å². The van der Waals surface area contributed by atoms with E-state index in [0.717, 1.165) is 44.6 Å². The molecule has 0 radical (unpaired) electrons. The van der Waals surface area contributed by atoms with Crippen LogP contribution < -0.4 is 10.2 Å². The molecule has 1 aromatic rings. The number of aromatic nitrogens is 2. The van der Waals surface area contributed by atoms with Crippen LogP contribution in [0.1, 0.15) is 6.92 Å². The summed E-state index contributed by atoms with van der Waals surface area (Å²) >= 11 is 0. The molecule has 0 aromatic carbocycles. The molecule has 0 bridgehead atoms. The number of rotatable bonds is 5. The monoisotopic (exact) mass is 340 g/mol. The van der Waals surface area contributed by atoms with Crippen molar-refractivity contribution < 1.29 is 8.42 Å². The summed E-state index contributed by atoms with van der Waals surface area (Å²) in [5.74, 6) is 1.58. The third-order valence-electron chi connectivity index (χ3n) is 3.47. The van der Waals surface area contributed by atoms with Gasteiger partial charge in [-0.05, 0) is 13.0 Å². The fraction of sp³-hybridized carbons (Fsp3) is 0.643. The number of nitrogens with zero attached hydrogens (tertiary/aromatic N) is 5. The maximum Gasteiger partial charge on any atom is 0.225 e. The predicted molar refractivity (Wildman–Crippen MR) is 91.5 cm³/mol. The predicted octanol–water partition coefficient (Wildman–Crippen LogP) is -0.391. The van der Waals surface area contributed by atoms with Gasteiger partial charge in [-0.1, -0.05) is 0 Å². The van der Waals surface area contributed by atoms with Crippen LogP contribution in [0.5, 0.6) is 0 Å². The van der Waals surface area contributed by atoms with Gasteiger partial charge in [0, 0.05) is 51.4 Å². The highest BCUT2D eigenvalue weighted by molar-refractivity contribution is 7.90. The van der Waals surface area contributed by atoms with E-state index in [1.54, 1.807) is 18.5 Å². The maximum atomic E-state index is 11.2. The Labute approximate surface area is 137 Å². The summed E-state index contributed by atoms with van der Waals surface area (Å²) in [6, 6.07) is 1.80. The first-order chi connectivity index (χ1) is 11.0. The lowest BCUT2D eigenvalue weighted by Gasteiger charge is -2.36. The van der Waals surface area contributed by atoms with Gasteiger partial charge < -0.3 is 15.1 Å². The molecule has 1 fully saturated rings. The number of aliphatic imine (C=N–C) groups is 1. The maximum absolute atomic E-state index is 11.2. The van der Waals surface area contributed by atoms with Crippen LogP contribution in [0.4, 0.5) is 5.95 Å².